The van der Waals surface area contributed by atoms with Gasteiger partial charge in [-0.15, -0.1) is 0 Å². The van der Waals surface area contributed by atoms with Gasteiger partial charge in [0.1, 0.15) is 11.6 Å². The maximum atomic E-state index is 11.3. The van der Waals surface area contributed by atoms with E-state index in [2.05, 4.69) is 4.98 Å². The summed E-state index contributed by atoms with van der Waals surface area (Å²) in [5.41, 5.74) is 2.98. The molecule has 0 aliphatic heterocycles. The highest BCUT2D eigenvalue weighted by Crippen LogP contribution is 2.16. The molecule has 0 radical (unpaired) electrons. The normalized spacial score (nSPS) is 10.5. The molecule has 2 aromatic rings. The van der Waals surface area contributed by atoms with Gasteiger partial charge in [0.2, 0.25) is 0 Å². The number of hydrogen-bond donors (Lipinski definition) is 2. The quantitative estimate of drug-likeness (QED) is 0.466. The molecule has 1 amide bonds. The largest absolute Gasteiger partial charge is 0.456 e. The van der Waals surface area contributed by atoms with Crippen molar-refractivity contribution in [3.05, 3.63) is 41.4 Å². The van der Waals surface area contributed by atoms with E-state index in [0.717, 1.165) is 11.4 Å². The molecule has 0 saturated heterocycles. The molecule has 90 valence electrons. The van der Waals surface area contributed by atoms with Crippen molar-refractivity contribution in [2.45, 2.75) is 20.4 Å². The Bertz CT molecular complexity index is 541. The molecule has 0 fully saturated rings. The highest BCUT2D eigenvalue weighted by Gasteiger charge is 2.13. The van der Waals surface area contributed by atoms with E-state index in [9.17, 15) is 4.79 Å². The van der Waals surface area contributed by atoms with Crippen LogP contribution in [0, 0.1) is 13.8 Å². The van der Waals surface area contributed by atoms with Gasteiger partial charge in [-0.2, -0.15) is 0 Å². The number of nitrogen functional groups attached to an aromatic ring is 1. The van der Waals surface area contributed by atoms with Gasteiger partial charge in [-0.3, -0.25) is 10.2 Å². The first kappa shape index (κ1) is 11.4. The Morgan fingerprint density at radius 3 is 2.94 bits per heavy atom. The SMILES string of the molecule is Cc1oc(C(=O)NN)cc1Cn1ccnc1C. The lowest BCUT2D eigenvalue weighted by Gasteiger charge is -2.02. The number of carbonyl (C=O) groups excluding carboxylic acids is 1. The molecule has 6 heteroatoms. The Balaban J connectivity index is 2.25. The van der Waals surface area contributed by atoms with Crippen LogP contribution >= 0.6 is 0 Å². The highest BCUT2D eigenvalue weighted by atomic mass is 16.4. The molecule has 17 heavy (non-hydrogen) atoms. The fraction of sp³-hybridized carbons (Fsp3) is 0.273. The Kier molecular flexibility index (Phi) is 2.97. The van der Waals surface area contributed by atoms with Crippen molar-refractivity contribution in [2.75, 3.05) is 0 Å². The molecule has 0 aliphatic rings. The molecule has 0 aromatic carbocycles. The molecule has 0 aliphatic carbocycles. The summed E-state index contributed by atoms with van der Waals surface area (Å²) in [5, 5.41) is 0. The van der Waals surface area contributed by atoms with E-state index in [0.29, 0.717) is 12.3 Å². The van der Waals surface area contributed by atoms with E-state index in [4.69, 9.17) is 10.3 Å². The average molecular weight is 234 g/mol. The molecule has 0 spiro atoms. The summed E-state index contributed by atoms with van der Waals surface area (Å²) in [5.74, 6) is 6.46. The van der Waals surface area contributed by atoms with Gasteiger partial charge < -0.3 is 8.98 Å². The molecule has 6 nitrogen and oxygen atoms in total. The minimum atomic E-state index is -0.429. The van der Waals surface area contributed by atoms with Gasteiger partial charge in [0.15, 0.2) is 5.76 Å². The Hall–Kier alpha value is -2.08. The van der Waals surface area contributed by atoms with Crippen LogP contribution in [0.1, 0.15) is 27.7 Å². The van der Waals surface area contributed by atoms with Crippen molar-refractivity contribution >= 4 is 5.91 Å². The van der Waals surface area contributed by atoms with Crippen molar-refractivity contribution in [3.63, 3.8) is 0 Å². The van der Waals surface area contributed by atoms with Gasteiger partial charge in [-0.05, 0) is 19.9 Å². The third kappa shape index (κ3) is 2.21. The number of hydrogen-bond acceptors (Lipinski definition) is 4. The summed E-state index contributed by atoms with van der Waals surface area (Å²) in [6.07, 6.45) is 3.61. The maximum Gasteiger partial charge on any atom is 0.300 e. The minimum Gasteiger partial charge on any atom is -0.456 e. The predicted octanol–water partition coefficient (Wildman–Crippen LogP) is 0.745. The zero-order valence-electron chi connectivity index (χ0n) is 9.73. The number of imidazole rings is 1. The number of furan rings is 1. The molecule has 2 rings (SSSR count). The van der Waals surface area contributed by atoms with Crippen molar-refractivity contribution in [2.24, 2.45) is 5.84 Å². The zero-order chi connectivity index (χ0) is 12.4. The standard InChI is InChI=1S/C11H14N4O2/c1-7-9(5-10(17-7)11(16)14-12)6-15-4-3-13-8(15)2/h3-5H,6,12H2,1-2H3,(H,14,16). The second kappa shape index (κ2) is 4.42. The van der Waals surface area contributed by atoms with E-state index in [1.807, 2.05) is 30.0 Å². The van der Waals surface area contributed by atoms with Gasteiger partial charge in [0.25, 0.3) is 0 Å². The van der Waals surface area contributed by atoms with Crippen LogP contribution in [-0.2, 0) is 6.54 Å². The number of nitrogens with two attached hydrogens (primary N) is 1. The summed E-state index contributed by atoms with van der Waals surface area (Å²) in [7, 11) is 0. The summed E-state index contributed by atoms with van der Waals surface area (Å²) in [4.78, 5) is 15.4. The summed E-state index contributed by atoms with van der Waals surface area (Å²) in [6.45, 7) is 4.36. The number of hydrazine groups is 1. The molecule has 2 aromatic heterocycles. The minimum absolute atomic E-state index is 0.220. The van der Waals surface area contributed by atoms with E-state index in [1.165, 1.54) is 0 Å². The molecular weight excluding hydrogens is 220 g/mol. The first-order chi connectivity index (χ1) is 8.11. The third-order valence-electron chi connectivity index (χ3n) is 2.64. The lowest BCUT2D eigenvalue weighted by atomic mass is 10.2. The van der Waals surface area contributed by atoms with Crippen molar-refractivity contribution in [1.29, 1.82) is 0 Å². The second-order valence-electron chi connectivity index (χ2n) is 3.77. The Morgan fingerprint density at radius 2 is 2.35 bits per heavy atom. The summed E-state index contributed by atoms with van der Waals surface area (Å²) >= 11 is 0. The molecule has 0 bridgehead atoms. The van der Waals surface area contributed by atoms with Crippen molar-refractivity contribution < 1.29 is 9.21 Å². The maximum absolute atomic E-state index is 11.3. The smallest absolute Gasteiger partial charge is 0.300 e. The lowest BCUT2D eigenvalue weighted by Crippen LogP contribution is -2.29. The van der Waals surface area contributed by atoms with Crippen LogP contribution in [0.2, 0.25) is 0 Å². The van der Waals surface area contributed by atoms with Gasteiger partial charge in [-0.25, -0.2) is 10.8 Å². The molecule has 0 atom stereocenters. The molecule has 2 heterocycles. The fourth-order valence-electron chi connectivity index (χ4n) is 1.61. The molecule has 0 unspecified atom stereocenters. The van der Waals surface area contributed by atoms with Gasteiger partial charge in [0, 0.05) is 18.0 Å². The first-order valence-corrected chi connectivity index (χ1v) is 5.20. The number of nitrogens with zero attached hydrogens (tertiary/aromatic N) is 2. The monoisotopic (exact) mass is 234 g/mol. The number of amides is 1. The number of rotatable bonds is 3. The van der Waals surface area contributed by atoms with Gasteiger partial charge in [0.05, 0.1) is 6.54 Å². The average Bonchev–Trinajstić information content (AvgIpc) is 2.87. The van der Waals surface area contributed by atoms with E-state index < -0.39 is 5.91 Å². The second-order valence-corrected chi connectivity index (χ2v) is 3.77. The van der Waals surface area contributed by atoms with Crippen molar-refractivity contribution in [1.82, 2.24) is 15.0 Å². The van der Waals surface area contributed by atoms with E-state index in [1.54, 1.807) is 12.3 Å². The number of carbonyl (C=O) groups is 1. The fourth-order valence-corrected chi connectivity index (χ4v) is 1.61. The first-order valence-electron chi connectivity index (χ1n) is 5.20. The molecular formula is C11H14N4O2. The Morgan fingerprint density at radius 1 is 1.59 bits per heavy atom. The molecule has 0 saturated carbocycles. The Labute approximate surface area is 98.4 Å². The van der Waals surface area contributed by atoms with Crippen LogP contribution < -0.4 is 11.3 Å². The van der Waals surface area contributed by atoms with Crippen LogP contribution in [0.4, 0.5) is 0 Å². The molecule has 3 N–H and O–H groups in total. The van der Waals surface area contributed by atoms with Crippen LogP contribution in [0.15, 0.2) is 22.9 Å². The van der Waals surface area contributed by atoms with Crippen molar-refractivity contribution in [3.8, 4) is 0 Å². The highest BCUT2D eigenvalue weighted by molar-refractivity contribution is 5.91. The van der Waals surface area contributed by atoms with Crippen LogP contribution in [0.5, 0.6) is 0 Å². The van der Waals surface area contributed by atoms with Crippen LogP contribution in [0.3, 0.4) is 0 Å². The van der Waals surface area contributed by atoms with E-state index >= 15 is 0 Å². The number of aryl methyl sites for hydroxylation is 2. The van der Waals surface area contributed by atoms with Crippen LogP contribution in [0.25, 0.3) is 0 Å². The lowest BCUT2D eigenvalue weighted by molar-refractivity contribution is 0.0924. The summed E-state index contributed by atoms with van der Waals surface area (Å²) in [6, 6.07) is 1.69. The topological polar surface area (TPSA) is 86.1 Å². The van der Waals surface area contributed by atoms with Crippen LogP contribution in [-0.4, -0.2) is 15.5 Å². The number of aromatic nitrogens is 2. The number of nitrogens with one attached hydrogen (secondary N) is 1. The van der Waals surface area contributed by atoms with E-state index in [-0.39, 0.29) is 5.76 Å². The predicted molar refractivity (Wildman–Crippen MR) is 61.2 cm³/mol. The summed E-state index contributed by atoms with van der Waals surface area (Å²) < 4.78 is 7.30. The van der Waals surface area contributed by atoms with Gasteiger partial charge in [-0.1, -0.05) is 0 Å². The van der Waals surface area contributed by atoms with Gasteiger partial charge >= 0.3 is 5.91 Å². The third-order valence-corrected chi connectivity index (χ3v) is 2.64. The zero-order valence-corrected chi connectivity index (χ0v) is 9.73.